The molecule has 0 spiro atoms. The third-order valence-corrected chi connectivity index (χ3v) is 5.28. The van der Waals surface area contributed by atoms with Crippen LogP contribution < -0.4 is 10.2 Å². The Kier molecular flexibility index (Phi) is 5.55. The number of nitrogens with zero attached hydrogens (tertiary/aromatic N) is 2. The summed E-state index contributed by atoms with van der Waals surface area (Å²) in [6, 6.07) is 4.43. The lowest BCUT2D eigenvalue weighted by molar-refractivity contribution is 0.423. The number of rotatable bonds is 4. The Morgan fingerprint density at radius 3 is 2.76 bits per heavy atom. The summed E-state index contributed by atoms with van der Waals surface area (Å²) in [6.45, 7) is 14.1. The zero-order valence-electron chi connectivity index (χ0n) is 14.1. The largest absolute Gasteiger partial charge is 0.355 e. The second kappa shape index (κ2) is 7.01. The number of nitrogens with one attached hydrogen (secondary N) is 1. The van der Waals surface area contributed by atoms with Crippen molar-refractivity contribution in [3.63, 3.8) is 0 Å². The maximum absolute atomic E-state index is 4.84. The highest BCUT2D eigenvalue weighted by atomic mass is 32.2. The molecular weight excluding hydrogens is 278 g/mol. The van der Waals surface area contributed by atoms with Gasteiger partial charge in [0.25, 0.3) is 0 Å². The van der Waals surface area contributed by atoms with Gasteiger partial charge in [0.1, 0.15) is 5.82 Å². The van der Waals surface area contributed by atoms with Crippen LogP contribution in [0.2, 0.25) is 0 Å². The Hall–Kier alpha value is -0.740. The Labute approximate surface area is 133 Å². The fourth-order valence-electron chi connectivity index (χ4n) is 2.47. The van der Waals surface area contributed by atoms with E-state index in [1.54, 1.807) is 0 Å². The molecule has 1 unspecified atom stereocenters. The normalized spacial score (nSPS) is 19.9. The van der Waals surface area contributed by atoms with E-state index in [1.807, 2.05) is 0 Å². The van der Waals surface area contributed by atoms with Crippen LogP contribution in [0.15, 0.2) is 12.1 Å². The van der Waals surface area contributed by atoms with Crippen molar-refractivity contribution in [3.05, 3.63) is 23.4 Å². The van der Waals surface area contributed by atoms with Gasteiger partial charge in [0.2, 0.25) is 0 Å². The molecule has 2 rings (SSSR count). The summed E-state index contributed by atoms with van der Waals surface area (Å²) in [5.74, 6) is 2.36. The van der Waals surface area contributed by atoms with Crippen molar-refractivity contribution < 1.29 is 0 Å². The molecule has 1 saturated heterocycles. The first-order valence-corrected chi connectivity index (χ1v) is 9.02. The third-order valence-electron chi connectivity index (χ3n) is 3.91. The van der Waals surface area contributed by atoms with E-state index in [4.69, 9.17) is 4.98 Å². The predicted octanol–water partition coefficient (Wildman–Crippen LogP) is 3.61. The van der Waals surface area contributed by atoms with Crippen molar-refractivity contribution in [3.8, 4) is 0 Å². The van der Waals surface area contributed by atoms with Gasteiger partial charge in [0.05, 0.1) is 0 Å². The van der Waals surface area contributed by atoms with E-state index in [0.717, 1.165) is 36.4 Å². The molecule has 0 radical (unpaired) electrons. The van der Waals surface area contributed by atoms with Crippen LogP contribution in [0.5, 0.6) is 0 Å². The van der Waals surface area contributed by atoms with E-state index < -0.39 is 0 Å². The van der Waals surface area contributed by atoms with Crippen LogP contribution in [0.3, 0.4) is 0 Å². The summed E-state index contributed by atoms with van der Waals surface area (Å²) in [5, 5.41) is 4.29. The molecule has 1 aliphatic heterocycles. The number of anilines is 1. The smallest absolute Gasteiger partial charge is 0.128 e. The average Bonchev–Trinajstić information content (AvgIpc) is 2.45. The summed E-state index contributed by atoms with van der Waals surface area (Å²) in [7, 11) is 0. The van der Waals surface area contributed by atoms with E-state index in [0.29, 0.717) is 0 Å². The summed E-state index contributed by atoms with van der Waals surface area (Å²) < 4.78 is 0. The Morgan fingerprint density at radius 2 is 2.14 bits per heavy atom. The highest BCUT2D eigenvalue weighted by Crippen LogP contribution is 2.25. The molecule has 0 bridgehead atoms. The quantitative estimate of drug-likeness (QED) is 0.920. The van der Waals surface area contributed by atoms with Crippen LogP contribution in [0.1, 0.15) is 45.4 Å². The first-order valence-electron chi connectivity index (χ1n) is 7.97. The molecule has 2 heterocycles. The Bertz CT molecular complexity index is 468. The van der Waals surface area contributed by atoms with E-state index in [9.17, 15) is 0 Å². The summed E-state index contributed by atoms with van der Waals surface area (Å²) in [4.78, 5) is 7.29. The zero-order chi connectivity index (χ0) is 15.5. The first-order chi connectivity index (χ1) is 9.89. The molecule has 3 nitrogen and oxygen atoms in total. The molecule has 118 valence electrons. The van der Waals surface area contributed by atoms with Crippen LogP contribution in [0, 0.1) is 6.92 Å². The molecule has 1 aromatic rings. The number of hydrogen-bond acceptors (Lipinski definition) is 4. The number of aryl methyl sites for hydroxylation is 1. The topological polar surface area (TPSA) is 28.2 Å². The first kappa shape index (κ1) is 16.6. The lowest BCUT2D eigenvalue weighted by Crippen LogP contribution is -2.38. The van der Waals surface area contributed by atoms with Crippen LogP contribution in [-0.2, 0) is 6.54 Å². The zero-order valence-corrected chi connectivity index (χ0v) is 14.9. The minimum absolute atomic E-state index is 0.142. The van der Waals surface area contributed by atoms with E-state index >= 15 is 0 Å². The van der Waals surface area contributed by atoms with Crippen molar-refractivity contribution in [1.82, 2.24) is 10.3 Å². The van der Waals surface area contributed by atoms with Gasteiger partial charge in [-0.1, -0.05) is 13.0 Å². The van der Waals surface area contributed by atoms with Gasteiger partial charge in [-0.05, 0) is 45.7 Å². The van der Waals surface area contributed by atoms with Gasteiger partial charge < -0.3 is 10.2 Å². The van der Waals surface area contributed by atoms with Crippen molar-refractivity contribution in [2.75, 3.05) is 23.7 Å². The molecule has 1 atom stereocenters. The highest BCUT2D eigenvalue weighted by Gasteiger charge is 2.20. The molecule has 0 aromatic carbocycles. The van der Waals surface area contributed by atoms with Gasteiger partial charge in [-0.25, -0.2) is 4.98 Å². The molecular formula is C17H29N3S. The van der Waals surface area contributed by atoms with Crippen molar-refractivity contribution in [2.45, 2.75) is 58.4 Å². The Balaban J connectivity index is 2.04. The van der Waals surface area contributed by atoms with E-state index in [2.05, 4.69) is 68.7 Å². The number of hydrogen-bond donors (Lipinski definition) is 1. The standard InChI is InChI=1S/C17H29N3S/c1-6-15-12-20(9-10-21-15)16-8-7-14(13(2)19-16)11-18-17(3,4)5/h7-8,15,18H,6,9-12H2,1-5H3. The maximum atomic E-state index is 4.84. The third kappa shape index (κ3) is 4.89. The number of thioether (sulfide) groups is 1. The summed E-state index contributed by atoms with van der Waals surface area (Å²) in [5.41, 5.74) is 2.59. The van der Waals surface area contributed by atoms with Crippen LogP contribution in [0.25, 0.3) is 0 Å². The fourth-order valence-corrected chi connectivity index (χ4v) is 3.65. The molecule has 1 aromatic heterocycles. The van der Waals surface area contributed by atoms with Crippen LogP contribution in [-0.4, -0.2) is 34.6 Å². The van der Waals surface area contributed by atoms with Crippen molar-refractivity contribution in [1.29, 1.82) is 0 Å². The molecule has 0 aliphatic carbocycles. The molecule has 4 heteroatoms. The molecule has 1 N–H and O–H groups in total. The molecule has 0 saturated carbocycles. The SMILES string of the molecule is CCC1CN(c2ccc(CNC(C)(C)C)c(C)n2)CCS1. The molecule has 21 heavy (non-hydrogen) atoms. The Morgan fingerprint density at radius 1 is 1.38 bits per heavy atom. The van der Waals surface area contributed by atoms with Crippen molar-refractivity contribution >= 4 is 17.6 Å². The number of aromatic nitrogens is 1. The lowest BCUT2D eigenvalue weighted by Gasteiger charge is -2.33. The second-order valence-electron chi connectivity index (χ2n) is 6.86. The van der Waals surface area contributed by atoms with Gasteiger partial charge in [-0.15, -0.1) is 0 Å². The minimum atomic E-state index is 0.142. The van der Waals surface area contributed by atoms with Gasteiger partial charge in [0.15, 0.2) is 0 Å². The lowest BCUT2D eigenvalue weighted by atomic mass is 10.1. The van der Waals surface area contributed by atoms with Gasteiger partial charge >= 0.3 is 0 Å². The maximum Gasteiger partial charge on any atom is 0.128 e. The van der Waals surface area contributed by atoms with Crippen LogP contribution in [0.4, 0.5) is 5.82 Å². The molecule has 1 aliphatic rings. The average molecular weight is 308 g/mol. The minimum Gasteiger partial charge on any atom is -0.355 e. The molecule has 0 amide bonds. The van der Waals surface area contributed by atoms with E-state index in [-0.39, 0.29) is 5.54 Å². The second-order valence-corrected chi connectivity index (χ2v) is 8.27. The van der Waals surface area contributed by atoms with Crippen molar-refractivity contribution in [2.24, 2.45) is 0 Å². The fraction of sp³-hybridized carbons (Fsp3) is 0.706. The predicted molar refractivity (Wildman–Crippen MR) is 94.3 cm³/mol. The van der Waals surface area contributed by atoms with Gasteiger partial charge in [-0.2, -0.15) is 11.8 Å². The molecule has 1 fully saturated rings. The monoisotopic (exact) mass is 307 g/mol. The highest BCUT2D eigenvalue weighted by molar-refractivity contribution is 8.00. The number of pyridine rings is 1. The summed E-state index contributed by atoms with van der Waals surface area (Å²) in [6.07, 6.45) is 1.24. The van der Waals surface area contributed by atoms with Gasteiger partial charge in [-0.3, -0.25) is 0 Å². The van der Waals surface area contributed by atoms with Gasteiger partial charge in [0, 0.05) is 41.9 Å². The van der Waals surface area contributed by atoms with E-state index in [1.165, 1.54) is 17.7 Å². The summed E-state index contributed by atoms with van der Waals surface area (Å²) >= 11 is 2.10. The van der Waals surface area contributed by atoms with Crippen LogP contribution >= 0.6 is 11.8 Å².